The highest BCUT2D eigenvalue weighted by Gasteiger charge is 2.11. The summed E-state index contributed by atoms with van der Waals surface area (Å²) in [6.45, 7) is 12.2. The Bertz CT molecular complexity index is 285. The van der Waals surface area contributed by atoms with Crippen LogP contribution in [0.25, 0.3) is 0 Å². The number of benzene rings is 1. The van der Waals surface area contributed by atoms with Crippen LogP contribution in [0.15, 0.2) is 30.3 Å². The van der Waals surface area contributed by atoms with Gasteiger partial charge in [0.1, 0.15) is 0 Å². The van der Waals surface area contributed by atoms with Gasteiger partial charge >= 0.3 is 0 Å². The van der Waals surface area contributed by atoms with Gasteiger partial charge in [0.05, 0.1) is 0 Å². The Hall–Kier alpha value is -0.860. The summed E-state index contributed by atoms with van der Waals surface area (Å²) < 4.78 is 0. The van der Waals surface area contributed by atoms with Gasteiger partial charge in [0, 0.05) is 31.7 Å². The van der Waals surface area contributed by atoms with Crippen molar-refractivity contribution in [3.05, 3.63) is 35.9 Å². The topological polar surface area (TPSA) is 15.3 Å². The Balaban J connectivity index is 2.23. The normalized spacial score (nSPS) is 11.7. The Kier molecular flexibility index (Phi) is 6.23. The smallest absolute Gasteiger partial charge is 0.0206 e. The van der Waals surface area contributed by atoms with E-state index in [2.05, 4.69) is 68.2 Å². The van der Waals surface area contributed by atoms with E-state index < -0.39 is 0 Å². The third-order valence-corrected chi connectivity index (χ3v) is 3.05. The third-order valence-electron chi connectivity index (χ3n) is 3.05. The molecule has 1 aromatic carbocycles. The molecule has 1 N–H and O–H groups in total. The molecule has 0 saturated heterocycles. The zero-order valence-electron chi connectivity index (χ0n) is 11.6. The first kappa shape index (κ1) is 14.2. The minimum atomic E-state index is 0.619. The monoisotopic (exact) mass is 234 g/mol. The van der Waals surface area contributed by atoms with Gasteiger partial charge in [-0.1, -0.05) is 30.3 Å². The fourth-order valence-electron chi connectivity index (χ4n) is 2.15. The maximum Gasteiger partial charge on any atom is 0.0206 e. The summed E-state index contributed by atoms with van der Waals surface area (Å²) in [5, 5.41) is 3.50. The predicted octanol–water partition coefficient (Wildman–Crippen LogP) is 2.90. The van der Waals surface area contributed by atoms with Crippen LogP contribution < -0.4 is 5.32 Å². The van der Waals surface area contributed by atoms with Crippen LogP contribution in [0, 0.1) is 0 Å². The molecule has 2 heteroatoms. The van der Waals surface area contributed by atoms with E-state index >= 15 is 0 Å². The van der Waals surface area contributed by atoms with Crippen molar-refractivity contribution in [2.24, 2.45) is 0 Å². The number of rotatable bonds is 7. The predicted molar refractivity (Wildman–Crippen MR) is 75.1 cm³/mol. The van der Waals surface area contributed by atoms with Crippen LogP contribution in [-0.4, -0.2) is 30.1 Å². The molecule has 0 amide bonds. The highest BCUT2D eigenvalue weighted by molar-refractivity contribution is 5.14. The molecule has 1 rings (SSSR count). The van der Waals surface area contributed by atoms with Crippen LogP contribution in [0.1, 0.15) is 33.3 Å². The summed E-state index contributed by atoms with van der Waals surface area (Å²) >= 11 is 0. The SMILES string of the molecule is CC(C)N(CCNCc1ccccc1)C(C)C. The second-order valence-electron chi connectivity index (χ2n) is 5.09. The molecule has 0 heterocycles. The Morgan fingerprint density at radius 2 is 1.59 bits per heavy atom. The maximum atomic E-state index is 3.50. The highest BCUT2D eigenvalue weighted by atomic mass is 15.2. The van der Waals surface area contributed by atoms with E-state index in [-0.39, 0.29) is 0 Å². The van der Waals surface area contributed by atoms with Crippen molar-refractivity contribution in [1.82, 2.24) is 10.2 Å². The second kappa shape index (κ2) is 7.46. The summed E-state index contributed by atoms with van der Waals surface area (Å²) in [7, 11) is 0. The zero-order valence-corrected chi connectivity index (χ0v) is 11.6. The van der Waals surface area contributed by atoms with Crippen LogP contribution in [0.4, 0.5) is 0 Å². The van der Waals surface area contributed by atoms with Crippen LogP contribution in [0.2, 0.25) is 0 Å². The van der Waals surface area contributed by atoms with E-state index in [0.29, 0.717) is 12.1 Å². The maximum absolute atomic E-state index is 3.50. The zero-order chi connectivity index (χ0) is 12.7. The lowest BCUT2D eigenvalue weighted by Gasteiger charge is -2.30. The van der Waals surface area contributed by atoms with Gasteiger partial charge in [0.25, 0.3) is 0 Å². The van der Waals surface area contributed by atoms with Gasteiger partial charge in [-0.15, -0.1) is 0 Å². The summed E-state index contributed by atoms with van der Waals surface area (Å²) in [6.07, 6.45) is 0. The minimum Gasteiger partial charge on any atom is -0.311 e. The molecule has 0 radical (unpaired) electrons. The molecule has 1 aromatic rings. The molecule has 0 aliphatic heterocycles. The average Bonchev–Trinajstić information content (AvgIpc) is 2.29. The van der Waals surface area contributed by atoms with E-state index in [0.717, 1.165) is 19.6 Å². The first-order chi connectivity index (χ1) is 8.11. The molecule has 0 aliphatic carbocycles. The van der Waals surface area contributed by atoms with E-state index in [1.165, 1.54) is 5.56 Å². The standard InChI is InChI=1S/C15H26N2/c1-13(2)17(14(3)4)11-10-16-12-15-8-6-5-7-9-15/h5-9,13-14,16H,10-12H2,1-4H3. The lowest BCUT2D eigenvalue weighted by Crippen LogP contribution is -2.41. The van der Waals surface area contributed by atoms with Gasteiger partial charge in [-0.25, -0.2) is 0 Å². The number of nitrogens with one attached hydrogen (secondary N) is 1. The van der Waals surface area contributed by atoms with Crippen molar-refractivity contribution in [3.8, 4) is 0 Å². The van der Waals surface area contributed by atoms with Gasteiger partial charge in [0.2, 0.25) is 0 Å². The molecule has 96 valence electrons. The minimum absolute atomic E-state index is 0.619. The molecule has 0 saturated carbocycles. The summed E-state index contributed by atoms with van der Waals surface area (Å²) in [5.41, 5.74) is 1.35. The summed E-state index contributed by atoms with van der Waals surface area (Å²) in [6, 6.07) is 11.8. The van der Waals surface area contributed by atoms with Crippen LogP contribution in [-0.2, 0) is 6.54 Å². The summed E-state index contributed by atoms with van der Waals surface area (Å²) in [4.78, 5) is 2.51. The van der Waals surface area contributed by atoms with E-state index in [1.807, 2.05) is 0 Å². The van der Waals surface area contributed by atoms with Crippen molar-refractivity contribution in [2.75, 3.05) is 13.1 Å². The molecule has 2 nitrogen and oxygen atoms in total. The van der Waals surface area contributed by atoms with E-state index in [1.54, 1.807) is 0 Å². The largest absolute Gasteiger partial charge is 0.311 e. The number of nitrogens with zero attached hydrogens (tertiary/aromatic N) is 1. The molecule has 0 bridgehead atoms. The first-order valence-corrected chi connectivity index (χ1v) is 6.61. The van der Waals surface area contributed by atoms with E-state index in [9.17, 15) is 0 Å². The molecule has 17 heavy (non-hydrogen) atoms. The van der Waals surface area contributed by atoms with Crippen LogP contribution in [0.5, 0.6) is 0 Å². The Labute approximate surface area is 106 Å². The Morgan fingerprint density at radius 1 is 1.00 bits per heavy atom. The second-order valence-corrected chi connectivity index (χ2v) is 5.09. The summed E-state index contributed by atoms with van der Waals surface area (Å²) in [5.74, 6) is 0. The molecule has 0 fully saturated rings. The molecule has 0 aliphatic rings. The van der Waals surface area contributed by atoms with Gasteiger partial charge < -0.3 is 5.32 Å². The molecule has 0 unspecified atom stereocenters. The van der Waals surface area contributed by atoms with Crippen molar-refractivity contribution >= 4 is 0 Å². The molecule has 0 atom stereocenters. The third kappa shape index (κ3) is 5.33. The van der Waals surface area contributed by atoms with Gasteiger partial charge in [-0.2, -0.15) is 0 Å². The van der Waals surface area contributed by atoms with Gasteiger partial charge in [-0.05, 0) is 33.3 Å². The average molecular weight is 234 g/mol. The van der Waals surface area contributed by atoms with Gasteiger partial charge in [-0.3, -0.25) is 4.90 Å². The number of hydrogen-bond acceptors (Lipinski definition) is 2. The number of hydrogen-bond donors (Lipinski definition) is 1. The Morgan fingerprint density at radius 3 is 2.12 bits per heavy atom. The molecule has 0 spiro atoms. The fourth-order valence-corrected chi connectivity index (χ4v) is 2.15. The van der Waals surface area contributed by atoms with Crippen LogP contribution >= 0.6 is 0 Å². The van der Waals surface area contributed by atoms with Crippen molar-refractivity contribution in [3.63, 3.8) is 0 Å². The molecular formula is C15H26N2. The van der Waals surface area contributed by atoms with Gasteiger partial charge in [0.15, 0.2) is 0 Å². The molecular weight excluding hydrogens is 208 g/mol. The van der Waals surface area contributed by atoms with Crippen molar-refractivity contribution in [1.29, 1.82) is 0 Å². The van der Waals surface area contributed by atoms with Crippen molar-refractivity contribution < 1.29 is 0 Å². The van der Waals surface area contributed by atoms with E-state index in [4.69, 9.17) is 0 Å². The van der Waals surface area contributed by atoms with Crippen molar-refractivity contribution in [2.45, 2.75) is 46.3 Å². The lowest BCUT2D eigenvalue weighted by atomic mass is 10.2. The highest BCUT2D eigenvalue weighted by Crippen LogP contribution is 2.03. The fraction of sp³-hybridized carbons (Fsp3) is 0.600. The first-order valence-electron chi connectivity index (χ1n) is 6.61. The van der Waals surface area contributed by atoms with Crippen LogP contribution in [0.3, 0.4) is 0 Å². The molecule has 0 aromatic heterocycles. The lowest BCUT2D eigenvalue weighted by molar-refractivity contribution is 0.176. The quantitative estimate of drug-likeness (QED) is 0.730.